The molecule has 1 N–H and O–H groups in total. The highest BCUT2D eigenvalue weighted by Crippen LogP contribution is 2.23. The minimum Gasteiger partial charge on any atom is -0.346 e. The van der Waals surface area contributed by atoms with Crippen LogP contribution in [0, 0.1) is 13.8 Å². The zero-order chi connectivity index (χ0) is 15.6. The number of hydrogen-bond donors (Lipinski definition) is 1. The fourth-order valence-corrected chi connectivity index (χ4v) is 2.60. The average molecular weight is 322 g/mol. The van der Waals surface area contributed by atoms with Gasteiger partial charge >= 0.3 is 0 Å². The molecule has 21 heavy (non-hydrogen) atoms. The van der Waals surface area contributed by atoms with Crippen LogP contribution in [0.2, 0.25) is 10.0 Å². The van der Waals surface area contributed by atoms with E-state index in [9.17, 15) is 4.79 Å². The van der Waals surface area contributed by atoms with Gasteiger partial charge in [-0.1, -0.05) is 47.0 Å². The molecule has 2 rings (SSSR count). The zero-order valence-corrected chi connectivity index (χ0v) is 13.7. The van der Waals surface area contributed by atoms with Crippen molar-refractivity contribution < 1.29 is 4.79 Å². The second-order valence-electron chi connectivity index (χ2n) is 5.18. The highest BCUT2D eigenvalue weighted by Gasteiger charge is 2.14. The first-order valence-corrected chi connectivity index (χ1v) is 7.47. The summed E-state index contributed by atoms with van der Waals surface area (Å²) in [5.74, 6) is -0.166. The predicted molar refractivity (Wildman–Crippen MR) is 88.3 cm³/mol. The van der Waals surface area contributed by atoms with Crippen LogP contribution in [-0.4, -0.2) is 5.91 Å². The third-order valence-corrected chi connectivity index (χ3v) is 4.16. The van der Waals surface area contributed by atoms with Crippen molar-refractivity contribution in [3.8, 4) is 0 Å². The van der Waals surface area contributed by atoms with Gasteiger partial charge in [0.25, 0.3) is 5.91 Å². The van der Waals surface area contributed by atoms with Crippen LogP contribution >= 0.6 is 23.2 Å². The van der Waals surface area contributed by atoms with Crippen molar-refractivity contribution in [1.82, 2.24) is 5.32 Å². The van der Waals surface area contributed by atoms with E-state index in [4.69, 9.17) is 23.2 Å². The maximum atomic E-state index is 12.3. The molecule has 0 aliphatic heterocycles. The van der Waals surface area contributed by atoms with Crippen LogP contribution in [0.25, 0.3) is 0 Å². The number of benzene rings is 2. The Morgan fingerprint density at radius 1 is 1.05 bits per heavy atom. The van der Waals surface area contributed by atoms with Crippen molar-refractivity contribution >= 4 is 29.1 Å². The van der Waals surface area contributed by atoms with Crippen LogP contribution < -0.4 is 5.32 Å². The van der Waals surface area contributed by atoms with Crippen molar-refractivity contribution in [2.45, 2.75) is 26.8 Å². The van der Waals surface area contributed by atoms with E-state index < -0.39 is 0 Å². The normalized spacial score (nSPS) is 12.0. The number of halogens is 2. The summed E-state index contributed by atoms with van der Waals surface area (Å²) in [5, 5.41) is 3.80. The topological polar surface area (TPSA) is 29.1 Å². The highest BCUT2D eigenvalue weighted by molar-refractivity contribution is 6.42. The van der Waals surface area contributed by atoms with E-state index in [1.807, 2.05) is 26.0 Å². The summed E-state index contributed by atoms with van der Waals surface area (Å²) in [6.45, 7) is 6.06. The van der Waals surface area contributed by atoms with E-state index in [2.05, 4.69) is 18.3 Å². The molecule has 1 amide bonds. The number of amides is 1. The average Bonchev–Trinajstić information content (AvgIpc) is 2.41. The number of carbonyl (C=O) groups excluding carboxylic acids is 1. The lowest BCUT2D eigenvalue weighted by Crippen LogP contribution is -2.27. The summed E-state index contributed by atoms with van der Waals surface area (Å²) in [6.07, 6.45) is 0. The molecule has 0 spiro atoms. The zero-order valence-electron chi connectivity index (χ0n) is 12.2. The van der Waals surface area contributed by atoms with E-state index in [0.717, 1.165) is 11.1 Å². The van der Waals surface area contributed by atoms with E-state index in [1.54, 1.807) is 18.2 Å². The van der Waals surface area contributed by atoms with Gasteiger partial charge in [0, 0.05) is 5.56 Å². The van der Waals surface area contributed by atoms with E-state index in [-0.39, 0.29) is 11.9 Å². The number of hydrogen-bond acceptors (Lipinski definition) is 1. The van der Waals surface area contributed by atoms with Gasteiger partial charge in [0.2, 0.25) is 0 Å². The van der Waals surface area contributed by atoms with Crippen LogP contribution in [0.4, 0.5) is 0 Å². The molecule has 0 aromatic heterocycles. The minimum atomic E-state index is -0.166. The Kier molecular flexibility index (Phi) is 4.92. The molecule has 0 fully saturated rings. The smallest absolute Gasteiger partial charge is 0.251 e. The molecular formula is C17H17Cl2NO. The van der Waals surface area contributed by atoms with Crippen LogP contribution in [0.15, 0.2) is 36.4 Å². The summed E-state index contributed by atoms with van der Waals surface area (Å²) in [4.78, 5) is 12.3. The van der Waals surface area contributed by atoms with Gasteiger partial charge in [-0.05, 0) is 50.1 Å². The molecule has 2 aromatic rings. The summed E-state index contributed by atoms with van der Waals surface area (Å²) in [5.41, 5.74) is 3.98. The maximum Gasteiger partial charge on any atom is 0.251 e. The largest absolute Gasteiger partial charge is 0.346 e. The van der Waals surface area contributed by atoms with Gasteiger partial charge in [-0.3, -0.25) is 4.79 Å². The van der Waals surface area contributed by atoms with Gasteiger partial charge in [0.05, 0.1) is 16.1 Å². The van der Waals surface area contributed by atoms with Crippen LogP contribution in [-0.2, 0) is 0 Å². The number of aryl methyl sites for hydroxylation is 2. The molecule has 0 heterocycles. The summed E-state index contributed by atoms with van der Waals surface area (Å²) < 4.78 is 0. The molecule has 0 aliphatic rings. The Balaban J connectivity index is 2.16. The number of carbonyl (C=O) groups is 1. The minimum absolute atomic E-state index is 0.0763. The van der Waals surface area contributed by atoms with Crippen molar-refractivity contribution in [2.24, 2.45) is 0 Å². The van der Waals surface area contributed by atoms with E-state index in [0.29, 0.717) is 15.6 Å². The van der Waals surface area contributed by atoms with Crippen molar-refractivity contribution in [3.63, 3.8) is 0 Å². The lowest BCUT2D eigenvalue weighted by Gasteiger charge is -2.17. The molecule has 0 saturated heterocycles. The van der Waals surface area contributed by atoms with Crippen molar-refractivity contribution in [3.05, 3.63) is 68.7 Å². The first kappa shape index (κ1) is 15.9. The monoisotopic (exact) mass is 321 g/mol. The molecular weight excluding hydrogens is 305 g/mol. The molecule has 0 aliphatic carbocycles. The fourth-order valence-electron chi connectivity index (χ4n) is 2.31. The Morgan fingerprint density at radius 2 is 1.76 bits per heavy atom. The van der Waals surface area contributed by atoms with Gasteiger partial charge in [-0.2, -0.15) is 0 Å². The molecule has 2 aromatic carbocycles. The third-order valence-electron chi connectivity index (χ3n) is 3.42. The Morgan fingerprint density at radius 3 is 2.38 bits per heavy atom. The summed E-state index contributed by atoms with van der Waals surface area (Å²) >= 11 is 11.8. The Bertz CT molecular complexity index is 682. The highest BCUT2D eigenvalue weighted by atomic mass is 35.5. The van der Waals surface area contributed by atoms with Gasteiger partial charge < -0.3 is 5.32 Å². The summed E-state index contributed by atoms with van der Waals surface area (Å²) in [6, 6.07) is 11.0. The van der Waals surface area contributed by atoms with E-state index in [1.165, 1.54) is 5.56 Å². The summed E-state index contributed by atoms with van der Waals surface area (Å²) in [7, 11) is 0. The van der Waals surface area contributed by atoms with Crippen molar-refractivity contribution in [1.29, 1.82) is 0 Å². The van der Waals surface area contributed by atoms with Gasteiger partial charge in [0.15, 0.2) is 0 Å². The molecule has 4 heteroatoms. The molecule has 2 nitrogen and oxygen atoms in total. The molecule has 1 atom stereocenters. The molecule has 0 bridgehead atoms. The molecule has 110 valence electrons. The number of nitrogens with one attached hydrogen (secondary N) is 1. The fraction of sp³-hybridized carbons (Fsp3) is 0.235. The second-order valence-corrected chi connectivity index (χ2v) is 6.00. The molecule has 0 unspecified atom stereocenters. The Hall–Kier alpha value is -1.51. The van der Waals surface area contributed by atoms with Gasteiger partial charge in [0.1, 0.15) is 0 Å². The van der Waals surface area contributed by atoms with Gasteiger partial charge in [-0.15, -0.1) is 0 Å². The lowest BCUT2D eigenvalue weighted by atomic mass is 10.00. The second kappa shape index (κ2) is 6.50. The lowest BCUT2D eigenvalue weighted by molar-refractivity contribution is 0.0940. The van der Waals surface area contributed by atoms with Crippen LogP contribution in [0.5, 0.6) is 0 Å². The number of rotatable bonds is 3. The van der Waals surface area contributed by atoms with Crippen LogP contribution in [0.1, 0.15) is 40.0 Å². The predicted octanol–water partition coefficient (Wildman–Crippen LogP) is 5.10. The quantitative estimate of drug-likeness (QED) is 0.837. The maximum absolute atomic E-state index is 12.3. The van der Waals surface area contributed by atoms with Gasteiger partial charge in [-0.25, -0.2) is 0 Å². The molecule has 0 radical (unpaired) electrons. The SMILES string of the molecule is Cc1ccc([C@@H](C)NC(=O)c2ccc(Cl)c(Cl)c2)c(C)c1. The first-order valence-electron chi connectivity index (χ1n) is 6.71. The first-order chi connectivity index (χ1) is 9.88. The standard InChI is InChI=1S/C17H17Cl2NO/c1-10-4-6-14(11(2)8-10)12(3)20-17(21)13-5-7-15(18)16(19)9-13/h4-9,12H,1-3H3,(H,20,21)/t12-/m1/s1. The Labute approximate surface area is 135 Å². The molecule has 0 saturated carbocycles. The van der Waals surface area contributed by atoms with Crippen LogP contribution in [0.3, 0.4) is 0 Å². The third kappa shape index (κ3) is 3.78. The van der Waals surface area contributed by atoms with E-state index >= 15 is 0 Å². The van der Waals surface area contributed by atoms with Crippen molar-refractivity contribution in [2.75, 3.05) is 0 Å².